The van der Waals surface area contributed by atoms with Crippen LogP contribution in [0.4, 0.5) is 46.4 Å². The average molecular weight is 417 g/mol. The number of nitrogen functional groups attached to an aromatic ring is 1. The molecule has 3 heterocycles. The van der Waals surface area contributed by atoms with Crippen molar-refractivity contribution in [3.8, 4) is 0 Å². The second kappa shape index (κ2) is 7.17. The van der Waals surface area contributed by atoms with Gasteiger partial charge in [0, 0.05) is 29.5 Å². The molecule has 0 aliphatic carbocycles. The van der Waals surface area contributed by atoms with Gasteiger partial charge in [-0.1, -0.05) is 0 Å². The van der Waals surface area contributed by atoms with Crippen molar-refractivity contribution < 1.29 is 17.6 Å². The monoisotopic (exact) mass is 417 g/mol. The highest BCUT2D eigenvalue weighted by molar-refractivity contribution is 5.94. The van der Waals surface area contributed by atoms with Gasteiger partial charge in [-0.3, -0.25) is 0 Å². The number of alkyl halides is 3. The molecule has 0 unspecified atom stereocenters. The van der Waals surface area contributed by atoms with Gasteiger partial charge in [0.25, 0.3) is 0 Å². The molecule has 1 aromatic carbocycles. The quantitative estimate of drug-likeness (QED) is 0.353. The number of halogens is 4. The number of aromatic nitrogens is 4. The van der Waals surface area contributed by atoms with Crippen LogP contribution in [-0.2, 0) is 6.18 Å². The van der Waals surface area contributed by atoms with E-state index in [-0.39, 0.29) is 23.1 Å². The third-order valence-corrected chi connectivity index (χ3v) is 4.30. The van der Waals surface area contributed by atoms with E-state index in [9.17, 15) is 17.6 Å². The highest BCUT2D eigenvalue weighted by Crippen LogP contribution is 2.31. The maximum atomic E-state index is 14.6. The van der Waals surface area contributed by atoms with Crippen molar-refractivity contribution in [2.45, 2.75) is 13.1 Å². The summed E-state index contributed by atoms with van der Waals surface area (Å²) in [4.78, 5) is 14.3. The van der Waals surface area contributed by atoms with Crippen LogP contribution in [0.1, 0.15) is 11.3 Å². The molecule has 11 heteroatoms. The molecule has 0 saturated heterocycles. The van der Waals surface area contributed by atoms with E-state index in [4.69, 9.17) is 5.73 Å². The molecule has 154 valence electrons. The first-order valence-corrected chi connectivity index (χ1v) is 8.69. The summed E-state index contributed by atoms with van der Waals surface area (Å²) in [5.41, 5.74) is 6.83. The predicted octanol–water partition coefficient (Wildman–Crippen LogP) is 4.89. The van der Waals surface area contributed by atoms with Crippen molar-refractivity contribution in [3.05, 3.63) is 59.8 Å². The van der Waals surface area contributed by atoms with Crippen LogP contribution >= 0.6 is 0 Å². The summed E-state index contributed by atoms with van der Waals surface area (Å²) in [6.45, 7) is 1.90. The lowest BCUT2D eigenvalue weighted by Gasteiger charge is -2.12. The molecular formula is C19H15F4N7. The number of nitrogens with one attached hydrogen (secondary N) is 3. The lowest BCUT2D eigenvalue weighted by molar-refractivity contribution is -0.141. The minimum absolute atomic E-state index is 0.162. The van der Waals surface area contributed by atoms with E-state index in [2.05, 4.69) is 30.6 Å². The summed E-state index contributed by atoms with van der Waals surface area (Å²) >= 11 is 0. The van der Waals surface area contributed by atoms with E-state index in [0.717, 1.165) is 17.0 Å². The van der Waals surface area contributed by atoms with Gasteiger partial charge in [-0.25, -0.2) is 14.4 Å². The standard InChI is InChI=1S/C19H15F4N7/c1-9-8-26-17-16(9)13(4-5-25-17)28-12-3-2-10(6-11(12)20)27-18-29-14(19(21,22)23)7-15(24)30-18/h2-8H,1H3,(H2,25,26,28)(H3,24,27,29,30). The Bertz CT molecular complexity index is 1230. The van der Waals surface area contributed by atoms with E-state index in [1.165, 1.54) is 12.1 Å². The fraction of sp³-hybridized carbons (Fsp3) is 0.105. The van der Waals surface area contributed by atoms with Gasteiger partial charge in [-0.2, -0.15) is 18.2 Å². The molecule has 0 radical (unpaired) electrons. The predicted molar refractivity (Wildman–Crippen MR) is 105 cm³/mol. The fourth-order valence-corrected chi connectivity index (χ4v) is 2.96. The second-order valence-electron chi connectivity index (χ2n) is 6.50. The summed E-state index contributed by atoms with van der Waals surface area (Å²) in [6, 6.07) is 6.38. The second-order valence-corrected chi connectivity index (χ2v) is 6.50. The summed E-state index contributed by atoms with van der Waals surface area (Å²) in [5.74, 6) is -1.37. The van der Waals surface area contributed by atoms with Gasteiger partial charge in [0.15, 0.2) is 5.69 Å². The minimum Gasteiger partial charge on any atom is -0.384 e. The third-order valence-electron chi connectivity index (χ3n) is 4.30. The summed E-state index contributed by atoms with van der Waals surface area (Å²) < 4.78 is 53.3. The Kier molecular flexibility index (Phi) is 4.65. The molecule has 0 fully saturated rings. The largest absolute Gasteiger partial charge is 0.433 e. The average Bonchev–Trinajstić information content (AvgIpc) is 3.05. The molecule has 3 aromatic heterocycles. The number of hydrogen-bond acceptors (Lipinski definition) is 6. The molecule has 0 atom stereocenters. The van der Waals surface area contributed by atoms with Crippen molar-refractivity contribution in [2.75, 3.05) is 16.4 Å². The number of aromatic amines is 1. The number of nitrogens with zero attached hydrogens (tertiary/aromatic N) is 3. The summed E-state index contributed by atoms with van der Waals surface area (Å²) in [6.07, 6.45) is -1.30. The number of fused-ring (bicyclic) bond motifs is 1. The van der Waals surface area contributed by atoms with Crippen LogP contribution in [0.15, 0.2) is 42.7 Å². The molecule has 0 amide bonds. The number of H-pyrrole nitrogens is 1. The zero-order valence-electron chi connectivity index (χ0n) is 15.5. The number of rotatable bonds is 4. The van der Waals surface area contributed by atoms with Crippen LogP contribution in [0.5, 0.6) is 0 Å². The maximum absolute atomic E-state index is 14.6. The van der Waals surface area contributed by atoms with Crippen LogP contribution in [0, 0.1) is 12.7 Å². The lowest BCUT2D eigenvalue weighted by Crippen LogP contribution is -2.12. The Morgan fingerprint density at radius 2 is 1.83 bits per heavy atom. The Labute approximate surface area is 167 Å². The van der Waals surface area contributed by atoms with Gasteiger partial charge in [-0.15, -0.1) is 0 Å². The number of benzene rings is 1. The normalized spacial score (nSPS) is 11.6. The van der Waals surface area contributed by atoms with Gasteiger partial charge in [0.2, 0.25) is 5.95 Å². The van der Waals surface area contributed by atoms with Crippen molar-refractivity contribution in [1.29, 1.82) is 0 Å². The van der Waals surface area contributed by atoms with Gasteiger partial charge < -0.3 is 21.4 Å². The van der Waals surface area contributed by atoms with E-state index >= 15 is 0 Å². The molecule has 0 aliphatic heterocycles. The van der Waals surface area contributed by atoms with Gasteiger partial charge >= 0.3 is 6.18 Å². The summed E-state index contributed by atoms with van der Waals surface area (Å²) in [5, 5.41) is 6.37. The first-order chi connectivity index (χ1) is 14.2. The molecule has 0 spiro atoms. The maximum Gasteiger partial charge on any atom is 0.433 e. The van der Waals surface area contributed by atoms with Crippen LogP contribution in [0.2, 0.25) is 0 Å². The lowest BCUT2D eigenvalue weighted by atomic mass is 10.2. The zero-order chi connectivity index (χ0) is 21.5. The molecule has 4 aromatic rings. The Morgan fingerprint density at radius 3 is 2.57 bits per heavy atom. The number of pyridine rings is 1. The van der Waals surface area contributed by atoms with Gasteiger partial charge in [-0.05, 0) is 36.8 Å². The van der Waals surface area contributed by atoms with E-state index in [1.54, 1.807) is 18.5 Å². The minimum atomic E-state index is -4.68. The third kappa shape index (κ3) is 3.81. The van der Waals surface area contributed by atoms with Crippen LogP contribution in [0.3, 0.4) is 0 Å². The van der Waals surface area contributed by atoms with Crippen molar-refractivity contribution >= 4 is 39.9 Å². The van der Waals surface area contributed by atoms with Crippen LogP contribution in [0.25, 0.3) is 11.0 Å². The molecule has 30 heavy (non-hydrogen) atoms. The van der Waals surface area contributed by atoms with Gasteiger partial charge in [0.05, 0.1) is 11.4 Å². The molecule has 5 N–H and O–H groups in total. The molecule has 0 bridgehead atoms. The topological polar surface area (TPSA) is 105 Å². The Hall–Kier alpha value is -3.89. The highest BCUT2D eigenvalue weighted by atomic mass is 19.4. The smallest absolute Gasteiger partial charge is 0.384 e. The number of hydrogen-bond donors (Lipinski definition) is 4. The zero-order valence-corrected chi connectivity index (χ0v) is 15.5. The van der Waals surface area contributed by atoms with E-state index in [1.807, 2.05) is 6.92 Å². The molecule has 4 rings (SSSR count). The number of aryl methyl sites for hydroxylation is 1. The number of anilines is 5. The van der Waals surface area contributed by atoms with Crippen molar-refractivity contribution in [3.63, 3.8) is 0 Å². The number of nitrogens with two attached hydrogens (primary N) is 1. The van der Waals surface area contributed by atoms with E-state index < -0.39 is 17.7 Å². The van der Waals surface area contributed by atoms with Crippen molar-refractivity contribution in [2.24, 2.45) is 0 Å². The van der Waals surface area contributed by atoms with Gasteiger partial charge in [0.1, 0.15) is 17.3 Å². The first-order valence-electron chi connectivity index (χ1n) is 8.69. The molecule has 7 nitrogen and oxygen atoms in total. The SMILES string of the molecule is Cc1c[nH]c2nccc(Nc3ccc(Nc4nc(N)cc(C(F)(F)F)n4)cc3F)c12. The highest BCUT2D eigenvalue weighted by Gasteiger charge is 2.33. The molecule has 0 aliphatic rings. The Balaban J connectivity index is 1.60. The Morgan fingerprint density at radius 1 is 1.03 bits per heavy atom. The van der Waals surface area contributed by atoms with E-state index in [0.29, 0.717) is 17.4 Å². The first kappa shape index (κ1) is 19.4. The molecular weight excluding hydrogens is 402 g/mol. The summed E-state index contributed by atoms with van der Waals surface area (Å²) in [7, 11) is 0. The van der Waals surface area contributed by atoms with Crippen molar-refractivity contribution in [1.82, 2.24) is 19.9 Å². The van der Waals surface area contributed by atoms with Crippen LogP contribution in [-0.4, -0.2) is 19.9 Å². The molecule has 0 saturated carbocycles. The van der Waals surface area contributed by atoms with Crippen LogP contribution < -0.4 is 16.4 Å². The fourth-order valence-electron chi connectivity index (χ4n) is 2.96.